The summed E-state index contributed by atoms with van der Waals surface area (Å²) in [5, 5.41) is 0. The SMILES string of the molecule is COc1ccc(CC#Cc2nc3c([nH]2)c(=O)n(Cc2ccc(F)c(F)c2)c(=O)n3C)cc1. The lowest BCUT2D eigenvalue weighted by atomic mass is 10.1. The van der Waals surface area contributed by atoms with Gasteiger partial charge >= 0.3 is 5.69 Å². The van der Waals surface area contributed by atoms with Crippen LogP contribution in [0.4, 0.5) is 8.78 Å². The number of nitrogens with zero attached hydrogens (tertiary/aromatic N) is 3. The van der Waals surface area contributed by atoms with Crippen LogP contribution in [0.5, 0.6) is 5.75 Å². The number of hydrogen-bond donors (Lipinski definition) is 1. The van der Waals surface area contributed by atoms with E-state index in [2.05, 4.69) is 21.8 Å². The average molecular weight is 436 g/mol. The van der Waals surface area contributed by atoms with Gasteiger partial charge in [-0.2, -0.15) is 0 Å². The van der Waals surface area contributed by atoms with E-state index < -0.39 is 22.9 Å². The lowest BCUT2D eigenvalue weighted by Gasteiger charge is -2.08. The summed E-state index contributed by atoms with van der Waals surface area (Å²) in [5.41, 5.74) is 0.274. The second-order valence-electron chi connectivity index (χ2n) is 7.09. The maximum Gasteiger partial charge on any atom is 0.332 e. The molecule has 162 valence electrons. The van der Waals surface area contributed by atoms with Crippen LogP contribution in [0.1, 0.15) is 17.0 Å². The second-order valence-corrected chi connectivity index (χ2v) is 7.09. The van der Waals surface area contributed by atoms with E-state index in [-0.39, 0.29) is 29.1 Å². The van der Waals surface area contributed by atoms with Gasteiger partial charge in [0.1, 0.15) is 5.75 Å². The molecule has 0 saturated heterocycles. The van der Waals surface area contributed by atoms with Gasteiger partial charge in [-0.3, -0.25) is 13.9 Å². The first-order chi connectivity index (χ1) is 15.4. The Bertz CT molecular complexity index is 1490. The van der Waals surface area contributed by atoms with Crippen molar-refractivity contribution in [2.24, 2.45) is 7.05 Å². The summed E-state index contributed by atoms with van der Waals surface area (Å²) in [5.74, 6) is 4.78. The molecular formula is C23H18F2N4O3. The number of aryl methyl sites for hydroxylation is 1. The maximum absolute atomic E-state index is 13.5. The lowest BCUT2D eigenvalue weighted by molar-refractivity contribution is 0.414. The number of hydrogen-bond acceptors (Lipinski definition) is 4. The third-order valence-corrected chi connectivity index (χ3v) is 4.96. The van der Waals surface area contributed by atoms with Gasteiger partial charge in [0.15, 0.2) is 28.6 Å². The summed E-state index contributed by atoms with van der Waals surface area (Å²) < 4.78 is 34.0. The third-order valence-electron chi connectivity index (χ3n) is 4.96. The van der Waals surface area contributed by atoms with E-state index in [9.17, 15) is 18.4 Å². The zero-order valence-corrected chi connectivity index (χ0v) is 17.3. The van der Waals surface area contributed by atoms with Crippen LogP contribution >= 0.6 is 0 Å². The van der Waals surface area contributed by atoms with E-state index in [4.69, 9.17) is 4.74 Å². The molecule has 2 aromatic heterocycles. The van der Waals surface area contributed by atoms with E-state index in [0.29, 0.717) is 6.42 Å². The molecule has 0 unspecified atom stereocenters. The van der Waals surface area contributed by atoms with E-state index in [0.717, 1.165) is 28.0 Å². The molecule has 32 heavy (non-hydrogen) atoms. The predicted molar refractivity (Wildman–Crippen MR) is 115 cm³/mol. The molecule has 0 spiro atoms. The van der Waals surface area contributed by atoms with Crippen molar-refractivity contribution in [1.29, 1.82) is 0 Å². The molecule has 2 heterocycles. The van der Waals surface area contributed by atoms with Crippen LogP contribution in [0.15, 0.2) is 52.1 Å². The van der Waals surface area contributed by atoms with E-state index in [1.807, 2.05) is 24.3 Å². The minimum atomic E-state index is -1.05. The first-order valence-electron chi connectivity index (χ1n) is 9.62. The quantitative estimate of drug-likeness (QED) is 0.498. The van der Waals surface area contributed by atoms with Crippen LogP contribution in [0.25, 0.3) is 11.2 Å². The second kappa shape index (κ2) is 8.51. The molecular weight excluding hydrogens is 418 g/mol. The number of fused-ring (bicyclic) bond motifs is 1. The Morgan fingerprint density at radius 1 is 1.06 bits per heavy atom. The highest BCUT2D eigenvalue weighted by atomic mass is 19.2. The van der Waals surface area contributed by atoms with Gasteiger partial charge in [-0.15, -0.1) is 0 Å². The average Bonchev–Trinajstić information content (AvgIpc) is 3.22. The fourth-order valence-corrected chi connectivity index (χ4v) is 3.24. The molecule has 9 heteroatoms. The number of methoxy groups -OCH3 is 1. The van der Waals surface area contributed by atoms with Gasteiger partial charge in [0.05, 0.1) is 13.7 Å². The summed E-state index contributed by atoms with van der Waals surface area (Å²) in [6, 6.07) is 10.7. The number of benzene rings is 2. The summed E-state index contributed by atoms with van der Waals surface area (Å²) >= 11 is 0. The third kappa shape index (κ3) is 4.03. The smallest absolute Gasteiger partial charge is 0.332 e. The Balaban J connectivity index is 1.66. The van der Waals surface area contributed by atoms with Crippen molar-refractivity contribution in [3.8, 4) is 17.6 Å². The van der Waals surface area contributed by atoms with Gasteiger partial charge in [0.2, 0.25) is 0 Å². The van der Waals surface area contributed by atoms with Gasteiger partial charge in [0.25, 0.3) is 5.56 Å². The minimum absolute atomic E-state index is 0.100. The lowest BCUT2D eigenvalue weighted by Crippen LogP contribution is -2.39. The van der Waals surface area contributed by atoms with Gasteiger partial charge in [-0.1, -0.05) is 24.1 Å². The highest BCUT2D eigenvalue weighted by molar-refractivity contribution is 5.70. The molecule has 0 saturated carbocycles. The molecule has 0 aliphatic rings. The molecule has 4 rings (SSSR count). The number of rotatable bonds is 4. The Morgan fingerprint density at radius 3 is 2.47 bits per heavy atom. The Hall–Kier alpha value is -4.19. The van der Waals surface area contributed by atoms with Crippen molar-refractivity contribution in [2.45, 2.75) is 13.0 Å². The van der Waals surface area contributed by atoms with E-state index in [1.165, 1.54) is 17.7 Å². The van der Waals surface area contributed by atoms with Crippen LogP contribution in [-0.2, 0) is 20.0 Å². The number of aromatic nitrogens is 4. The highest BCUT2D eigenvalue weighted by Gasteiger charge is 2.15. The van der Waals surface area contributed by atoms with Crippen LogP contribution in [-0.4, -0.2) is 26.2 Å². The van der Waals surface area contributed by atoms with Crippen LogP contribution in [0, 0.1) is 23.5 Å². The Labute approximate surface area is 180 Å². The molecule has 7 nitrogen and oxygen atoms in total. The number of nitrogens with one attached hydrogen (secondary N) is 1. The van der Waals surface area contributed by atoms with Crippen LogP contribution < -0.4 is 16.0 Å². The number of halogens is 2. The standard InChI is InChI=1S/C23H18F2N4O3/c1-28-21-20(22(30)29(23(28)31)13-15-8-11-17(24)18(25)12-15)26-19(27-21)5-3-4-14-6-9-16(32-2)10-7-14/h6-12H,4,13H2,1-2H3,(H,26,27). The largest absolute Gasteiger partial charge is 0.497 e. The number of imidazole rings is 1. The zero-order chi connectivity index (χ0) is 22.8. The molecule has 0 aliphatic carbocycles. The van der Waals surface area contributed by atoms with Gasteiger partial charge < -0.3 is 9.72 Å². The van der Waals surface area contributed by atoms with Gasteiger partial charge in [0, 0.05) is 13.5 Å². The molecule has 2 aromatic carbocycles. The van der Waals surface area contributed by atoms with Gasteiger partial charge in [-0.25, -0.2) is 18.6 Å². The van der Waals surface area contributed by atoms with Crippen molar-refractivity contribution >= 4 is 11.2 Å². The molecule has 4 aromatic rings. The number of H-pyrrole nitrogens is 1. The first-order valence-corrected chi connectivity index (χ1v) is 9.62. The summed E-state index contributed by atoms with van der Waals surface area (Å²) in [6.07, 6.45) is 0.459. The van der Waals surface area contributed by atoms with Crippen LogP contribution in [0.2, 0.25) is 0 Å². The highest BCUT2D eigenvalue weighted by Crippen LogP contribution is 2.12. The van der Waals surface area contributed by atoms with Crippen LogP contribution in [0.3, 0.4) is 0 Å². The normalized spacial score (nSPS) is 10.8. The fourth-order valence-electron chi connectivity index (χ4n) is 3.24. The monoisotopic (exact) mass is 436 g/mol. The van der Waals surface area contributed by atoms with E-state index in [1.54, 1.807) is 7.11 Å². The summed E-state index contributed by atoms with van der Waals surface area (Å²) in [6.45, 7) is -0.212. The van der Waals surface area contributed by atoms with Crippen molar-refractivity contribution in [3.05, 3.63) is 91.9 Å². The predicted octanol–water partition coefficient (Wildman–Crippen LogP) is 2.35. The topological polar surface area (TPSA) is 81.9 Å². The molecule has 0 amide bonds. The van der Waals surface area contributed by atoms with Crippen molar-refractivity contribution in [3.63, 3.8) is 0 Å². The minimum Gasteiger partial charge on any atom is -0.497 e. The number of ether oxygens (including phenoxy) is 1. The molecule has 0 bridgehead atoms. The number of aromatic amines is 1. The molecule has 1 N–H and O–H groups in total. The molecule has 0 radical (unpaired) electrons. The first kappa shape index (κ1) is 21.1. The van der Waals surface area contributed by atoms with Crippen molar-refractivity contribution in [2.75, 3.05) is 7.11 Å². The zero-order valence-electron chi connectivity index (χ0n) is 17.3. The Morgan fingerprint density at radius 2 is 1.78 bits per heavy atom. The Kier molecular flexibility index (Phi) is 5.60. The summed E-state index contributed by atoms with van der Waals surface area (Å²) in [4.78, 5) is 32.7. The van der Waals surface area contributed by atoms with E-state index >= 15 is 0 Å². The maximum atomic E-state index is 13.5. The van der Waals surface area contributed by atoms with Crippen molar-refractivity contribution in [1.82, 2.24) is 19.1 Å². The molecule has 0 aliphatic heterocycles. The molecule has 0 atom stereocenters. The summed E-state index contributed by atoms with van der Waals surface area (Å²) in [7, 11) is 3.07. The fraction of sp³-hybridized carbons (Fsp3) is 0.174. The van der Waals surface area contributed by atoms with Crippen molar-refractivity contribution < 1.29 is 13.5 Å². The van der Waals surface area contributed by atoms with Gasteiger partial charge in [-0.05, 0) is 41.3 Å². The molecule has 0 fully saturated rings.